The summed E-state index contributed by atoms with van der Waals surface area (Å²) in [6, 6.07) is 8.57. The van der Waals surface area contributed by atoms with Crippen LogP contribution in [0, 0.1) is 34.0 Å². The van der Waals surface area contributed by atoms with E-state index in [2.05, 4.69) is 25.7 Å². The summed E-state index contributed by atoms with van der Waals surface area (Å²) in [5.41, 5.74) is 2.31. The number of hydrogen-bond donors (Lipinski definition) is 1. The van der Waals surface area contributed by atoms with Crippen LogP contribution in [0.4, 0.5) is 10.5 Å². The van der Waals surface area contributed by atoms with Crippen molar-refractivity contribution in [2.45, 2.75) is 77.8 Å². The van der Waals surface area contributed by atoms with E-state index in [0.29, 0.717) is 35.8 Å². The lowest BCUT2D eigenvalue weighted by Crippen LogP contribution is -2.62. The molecule has 208 valence electrons. The third-order valence-electron chi connectivity index (χ3n) is 9.48. The summed E-state index contributed by atoms with van der Waals surface area (Å²) in [6.45, 7) is 13.7. The number of allylic oxidation sites excluding steroid dienone is 2. The van der Waals surface area contributed by atoms with Gasteiger partial charge in [0.1, 0.15) is 6.61 Å². The SMILES string of the molecule is C=C1CC[C@@H]2[C@]3(C)COC(C)(C)O[C@@H]3CC[C@@]2(C)[C@@H]1C/C=C1/C(=O)OC[C@H]1OC(=O)Nc1cccc(C#N)c1. The Morgan fingerprint density at radius 2 is 2.05 bits per heavy atom. The molecule has 8 heteroatoms. The Bertz CT molecular complexity index is 1250. The van der Waals surface area contributed by atoms with Crippen molar-refractivity contribution in [2.75, 3.05) is 18.5 Å². The Hall–Kier alpha value is -3.15. The molecule has 0 aromatic heterocycles. The molecular weight excluding hydrogens is 496 g/mol. The highest BCUT2D eigenvalue weighted by Crippen LogP contribution is 2.63. The molecule has 1 N–H and O–H groups in total. The van der Waals surface area contributed by atoms with Crippen LogP contribution >= 0.6 is 0 Å². The maximum Gasteiger partial charge on any atom is 0.412 e. The number of amides is 1. The van der Waals surface area contributed by atoms with Gasteiger partial charge in [-0.2, -0.15) is 5.26 Å². The number of nitrogens with zero attached hydrogens (tertiary/aromatic N) is 1. The van der Waals surface area contributed by atoms with Gasteiger partial charge in [-0.05, 0) is 81.4 Å². The number of anilines is 1. The zero-order valence-electron chi connectivity index (χ0n) is 23.2. The average Bonchev–Trinajstić information content (AvgIpc) is 3.22. The normalized spacial score (nSPS) is 36.3. The number of fused-ring (bicyclic) bond motifs is 3. The second-order valence-electron chi connectivity index (χ2n) is 12.4. The lowest BCUT2D eigenvalue weighted by Gasteiger charge is -2.63. The predicted molar refractivity (Wildman–Crippen MR) is 144 cm³/mol. The van der Waals surface area contributed by atoms with Gasteiger partial charge >= 0.3 is 12.1 Å². The topological polar surface area (TPSA) is 107 Å². The monoisotopic (exact) mass is 534 g/mol. The van der Waals surface area contributed by atoms with E-state index in [1.54, 1.807) is 24.3 Å². The summed E-state index contributed by atoms with van der Waals surface area (Å²) in [5.74, 6) is -0.462. The minimum absolute atomic E-state index is 0.0200. The largest absolute Gasteiger partial charge is 0.458 e. The number of esters is 1. The summed E-state index contributed by atoms with van der Waals surface area (Å²) in [6.07, 6.45) is 5.09. The highest BCUT2D eigenvalue weighted by atomic mass is 16.7. The molecule has 4 fully saturated rings. The number of ether oxygens (including phenoxy) is 4. The van der Waals surface area contributed by atoms with Gasteiger partial charge in [-0.3, -0.25) is 5.32 Å². The number of nitriles is 1. The van der Waals surface area contributed by atoms with Crippen LogP contribution in [0.2, 0.25) is 0 Å². The molecule has 2 saturated carbocycles. The summed E-state index contributed by atoms with van der Waals surface area (Å²) < 4.78 is 23.4. The molecule has 0 unspecified atom stereocenters. The number of hydrogen-bond acceptors (Lipinski definition) is 7. The molecule has 39 heavy (non-hydrogen) atoms. The van der Waals surface area contributed by atoms with Crippen molar-refractivity contribution in [3.63, 3.8) is 0 Å². The molecule has 5 rings (SSSR count). The van der Waals surface area contributed by atoms with Gasteiger partial charge in [-0.25, -0.2) is 9.59 Å². The lowest BCUT2D eigenvalue weighted by atomic mass is 9.46. The van der Waals surface area contributed by atoms with Crippen LogP contribution in [-0.2, 0) is 23.7 Å². The minimum Gasteiger partial charge on any atom is -0.458 e. The van der Waals surface area contributed by atoms with E-state index in [0.717, 1.165) is 25.7 Å². The summed E-state index contributed by atoms with van der Waals surface area (Å²) >= 11 is 0. The Balaban J connectivity index is 1.31. The Labute approximate surface area is 230 Å². The standard InChI is InChI=1S/C31H38N2O6/c1-19-9-12-25-30(4,14-13-26-31(25,5)18-37-29(2,3)39-26)23(19)11-10-22-24(17-36-27(22)34)38-28(35)33-21-8-6-7-20(15-21)16-32/h6-8,10,15,23-26H,1,9,11-14,17-18H2,2-5H3,(H,33,35)/b22-10+/t23-,24-,25+,26-,30+,31+/m1/s1. The summed E-state index contributed by atoms with van der Waals surface area (Å²) in [4.78, 5) is 25.2. The van der Waals surface area contributed by atoms with E-state index < -0.39 is 24.0 Å². The van der Waals surface area contributed by atoms with Gasteiger partial charge in [0.25, 0.3) is 0 Å². The molecule has 2 aliphatic carbocycles. The van der Waals surface area contributed by atoms with Gasteiger partial charge in [-0.1, -0.05) is 38.1 Å². The minimum atomic E-state index is -0.798. The van der Waals surface area contributed by atoms with Crippen molar-refractivity contribution in [3.8, 4) is 6.07 Å². The molecule has 0 spiro atoms. The summed E-state index contributed by atoms with van der Waals surface area (Å²) in [7, 11) is 0. The van der Waals surface area contributed by atoms with Gasteiger partial charge in [-0.15, -0.1) is 0 Å². The molecule has 8 nitrogen and oxygen atoms in total. The quantitative estimate of drug-likeness (QED) is 0.292. The second-order valence-corrected chi connectivity index (χ2v) is 12.4. The molecular formula is C31H38N2O6. The zero-order chi connectivity index (χ0) is 28.0. The van der Waals surface area contributed by atoms with Crippen LogP contribution in [0.1, 0.15) is 65.4 Å². The van der Waals surface area contributed by atoms with Gasteiger partial charge in [0.05, 0.1) is 29.9 Å². The van der Waals surface area contributed by atoms with Gasteiger partial charge in [0, 0.05) is 11.1 Å². The van der Waals surface area contributed by atoms with Crippen molar-refractivity contribution >= 4 is 17.7 Å². The van der Waals surface area contributed by atoms with Crippen LogP contribution in [0.25, 0.3) is 0 Å². The van der Waals surface area contributed by atoms with Gasteiger partial charge in [0.2, 0.25) is 0 Å². The van der Waals surface area contributed by atoms with Crippen LogP contribution < -0.4 is 5.32 Å². The smallest absolute Gasteiger partial charge is 0.412 e. The number of benzene rings is 1. The molecule has 4 aliphatic rings. The van der Waals surface area contributed by atoms with Crippen LogP contribution in [0.3, 0.4) is 0 Å². The fraction of sp³-hybridized carbons (Fsp3) is 0.581. The fourth-order valence-electron chi connectivity index (χ4n) is 7.46. The zero-order valence-corrected chi connectivity index (χ0v) is 23.2. The highest BCUT2D eigenvalue weighted by molar-refractivity contribution is 5.93. The van der Waals surface area contributed by atoms with Crippen molar-refractivity contribution in [3.05, 3.63) is 53.6 Å². The molecule has 2 aliphatic heterocycles. The molecule has 0 radical (unpaired) electrons. The van der Waals surface area contributed by atoms with Crippen molar-refractivity contribution in [1.82, 2.24) is 0 Å². The van der Waals surface area contributed by atoms with E-state index in [-0.39, 0.29) is 29.5 Å². The van der Waals surface area contributed by atoms with Crippen molar-refractivity contribution < 1.29 is 28.5 Å². The van der Waals surface area contributed by atoms with E-state index in [4.69, 9.17) is 24.2 Å². The lowest BCUT2D eigenvalue weighted by molar-refractivity contribution is -0.344. The molecule has 1 aromatic carbocycles. The van der Waals surface area contributed by atoms with E-state index in [1.165, 1.54) is 5.57 Å². The van der Waals surface area contributed by atoms with Crippen molar-refractivity contribution in [2.24, 2.45) is 22.7 Å². The first kappa shape index (κ1) is 27.4. The molecule has 2 saturated heterocycles. The highest BCUT2D eigenvalue weighted by Gasteiger charge is 2.60. The Morgan fingerprint density at radius 3 is 2.82 bits per heavy atom. The van der Waals surface area contributed by atoms with Crippen LogP contribution in [-0.4, -0.2) is 43.3 Å². The maximum absolute atomic E-state index is 12.6. The maximum atomic E-state index is 12.6. The number of cyclic esters (lactones) is 1. The first-order valence-electron chi connectivity index (χ1n) is 13.8. The number of nitrogens with one attached hydrogen (secondary N) is 1. The first-order valence-corrected chi connectivity index (χ1v) is 13.8. The second kappa shape index (κ2) is 10.1. The first-order chi connectivity index (χ1) is 18.4. The third kappa shape index (κ3) is 5.10. The van der Waals surface area contributed by atoms with Gasteiger partial charge < -0.3 is 18.9 Å². The number of rotatable bonds is 4. The molecule has 1 amide bonds. The molecule has 6 atom stereocenters. The fourth-order valence-corrected chi connectivity index (χ4v) is 7.46. The van der Waals surface area contributed by atoms with Gasteiger partial charge in [0.15, 0.2) is 11.9 Å². The van der Waals surface area contributed by atoms with E-state index >= 15 is 0 Å². The van der Waals surface area contributed by atoms with Crippen molar-refractivity contribution in [1.29, 1.82) is 5.26 Å². The Morgan fingerprint density at radius 1 is 1.26 bits per heavy atom. The molecule has 1 aromatic rings. The molecule has 0 bridgehead atoms. The molecule has 2 heterocycles. The third-order valence-corrected chi connectivity index (χ3v) is 9.48. The Kier molecular flexibility index (Phi) is 7.11. The van der Waals surface area contributed by atoms with Crippen LogP contribution in [0.15, 0.2) is 48.1 Å². The number of carbonyl (C=O) groups is 2. The average molecular weight is 535 g/mol. The van der Waals surface area contributed by atoms with E-state index in [1.807, 2.05) is 26.0 Å². The predicted octanol–water partition coefficient (Wildman–Crippen LogP) is 5.89. The van der Waals surface area contributed by atoms with E-state index in [9.17, 15) is 9.59 Å². The van der Waals surface area contributed by atoms with Crippen LogP contribution in [0.5, 0.6) is 0 Å². The summed E-state index contributed by atoms with van der Waals surface area (Å²) in [5, 5.41) is 11.7. The number of carbonyl (C=O) groups excluding carboxylic acids is 2.